The summed E-state index contributed by atoms with van der Waals surface area (Å²) in [6, 6.07) is 8.11. The summed E-state index contributed by atoms with van der Waals surface area (Å²) in [6.45, 7) is 8.82. The van der Waals surface area contributed by atoms with Crippen LogP contribution in [0.2, 0.25) is 0 Å². The maximum atomic E-state index is 5.89. The summed E-state index contributed by atoms with van der Waals surface area (Å²) in [5.41, 5.74) is 2.90. The van der Waals surface area contributed by atoms with Gasteiger partial charge in [0.05, 0.1) is 6.61 Å². The number of aromatic nitrogens is 3. The lowest BCUT2D eigenvalue weighted by atomic mass is 10.1. The van der Waals surface area contributed by atoms with Crippen LogP contribution in [0.1, 0.15) is 19.4 Å². The summed E-state index contributed by atoms with van der Waals surface area (Å²) < 4.78 is 13.3. The van der Waals surface area contributed by atoms with Crippen molar-refractivity contribution in [2.45, 2.75) is 27.3 Å². The highest BCUT2D eigenvalue weighted by Crippen LogP contribution is 2.29. The van der Waals surface area contributed by atoms with Crippen LogP contribution in [0.25, 0.3) is 22.4 Å². The summed E-state index contributed by atoms with van der Waals surface area (Å²) in [6.07, 6.45) is 3.78. The summed E-state index contributed by atoms with van der Waals surface area (Å²) in [4.78, 5) is 9.30. The molecule has 0 spiro atoms. The zero-order valence-electron chi connectivity index (χ0n) is 14.5. The third kappa shape index (κ3) is 3.26. The van der Waals surface area contributed by atoms with E-state index in [9.17, 15) is 0 Å². The molecule has 1 aromatic carbocycles. The second-order valence-electron chi connectivity index (χ2n) is 5.56. The van der Waals surface area contributed by atoms with E-state index in [1.54, 1.807) is 0 Å². The average Bonchev–Trinajstić information content (AvgIpc) is 3.07. The number of imidazole rings is 1. The van der Waals surface area contributed by atoms with Gasteiger partial charge in [-0.05, 0) is 38.5 Å². The maximum Gasteiger partial charge on any atom is 0.158 e. The van der Waals surface area contributed by atoms with Crippen LogP contribution < -0.4 is 4.74 Å². The Morgan fingerprint density at radius 1 is 1.17 bits per heavy atom. The maximum absolute atomic E-state index is 5.89. The molecule has 0 atom stereocenters. The van der Waals surface area contributed by atoms with Crippen molar-refractivity contribution in [3.63, 3.8) is 0 Å². The standard InChI is InChI=1S/C19H23N3O2/c1-4-22-10-9-20-19(22)16-13-14(3)15-7-6-8-17(18(15)21-16)24-12-11-23-5-2/h6-10,13H,4-5,11-12H2,1-3H3. The number of aryl methyl sites for hydroxylation is 2. The van der Waals surface area contributed by atoms with Crippen molar-refractivity contribution in [3.05, 3.63) is 42.2 Å². The molecule has 3 rings (SSSR count). The number of hydrogen-bond donors (Lipinski definition) is 0. The number of benzene rings is 1. The molecule has 0 aliphatic rings. The molecule has 5 nitrogen and oxygen atoms in total. The molecule has 0 aliphatic heterocycles. The summed E-state index contributed by atoms with van der Waals surface area (Å²) in [5, 5.41) is 1.10. The third-order valence-electron chi connectivity index (χ3n) is 3.98. The number of ether oxygens (including phenoxy) is 2. The Balaban J connectivity index is 2.01. The Morgan fingerprint density at radius 2 is 2.04 bits per heavy atom. The van der Waals surface area contributed by atoms with Gasteiger partial charge in [-0.1, -0.05) is 12.1 Å². The minimum atomic E-state index is 0.515. The highest BCUT2D eigenvalue weighted by atomic mass is 16.5. The molecule has 126 valence electrons. The third-order valence-corrected chi connectivity index (χ3v) is 3.98. The number of hydrogen-bond acceptors (Lipinski definition) is 4. The molecule has 0 fully saturated rings. The summed E-state index contributed by atoms with van der Waals surface area (Å²) >= 11 is 0. The van der Waals surface area contributed by atoms with Crippen molar-refractivity contribution < 1.29 is 9.47 Å². The Bertz CT molecular complexity index is 827. The van der Waals surface area contributed by atoms with Gasteiger partial charge in [-0.15, -0.1) is 0 Å². The van der Waals surface area contributed by atoms with Crippen LogP contribution in [-0.2, 0) is 11.3 Å². The Kier molecular flexibility index (Phi) is 5.11. The molecule has 0 unspecified atom stereocenters. The Hall–Kier alpha value is -2.40. The van der Waals surface area contributed by atoms with Crippen molar-refractivity contribution in [2.24, 2.45) is 0 Å². The second kappa shape index (κ2) is 7.45. The lowest BCUT2D eigenvalue weighted by molar-refractivity contribution is 0.110. The first-order valence-corrected chi connectivity index (χ1v) is 8.37. The van der Waals surface area contributed by atoms with E-state index in [0.29, 0.717) is 19.8 Å². The van der Waals surface area contributed by atoms with Crippen molar-refractivity contribution in [1.29, 1.82) is 0 Å². The lowest BCUT2D eigenvalue weighted by Gasteiger charge is -2.12. The molecule has 0 aliphatic carbocycles. The van der Waals surface area contributed by atoms with Gasteiger partial charge in [-0.2, -0.15) is 0 Å². The Morgan fingerprint density at radius 3 is 2.83 bits per heavy atom. The molecular formula is C19H23N3O2. The van der Waals surface area contributed by atoms with Crippen molar-refractivity contribution >= 4 is 10.9 Å². The van der Waals surface area contributed by atoms with E-state index >= 15 is 0 Å². The van der Waals surface area contributed by atoms with E-state index in [0.717, 1.165) is 40.3 Å². The first kappa shape index (κ1) is 16.5. The van der Waals surface area contributed by atoms with E-state index in [1.807, 2.05) is 31.5 Å². The smallest absolute Gasteiger partial charge is 0.158 e. The minimum absolute atomic E-state index is 0.515. The van der Waals surface area contributed by atoms with Crippen molar-refractivity contribution in [2.75, 3.05) is 19.8 Å². The van der Waals surface area contributed by atoms with Gasteiger partial charge in [0.15, 0.2) is 5.82 Å². The number of rotatable bonds is 7. The average molecular weight is 325 g/mol. The zero-order chi connectivity index (χ0) is 16.9. The topological polar surface area (TPSA) is 49.2 Å². The molecule has 24 heavy (non-hydrogen) atoms. The molecule has 0 saturated carbocycles. The van der Waals surface area contributed by atoms with E-state index in [1.165, 1.54) is 0 Å². The molecule has 0 N–H and O–H groups in total. The van der Waals surface area contributed by atoms with Crippen LogP contribution >= 0.6 is 0 Å². The van der Waals surface area contributed by atoms with Crippen molar-refractivity contribution in [3.8, 4) is 17.3 Å². The number of nitrogens with zero attached hydrogens (tertiary/aromatic N) is 3. The number of fused-ring (bicyclic) bond motifs is 1. The predicted molar refractivity (Wildman–Crippen MR) is 95.4 cm³/mol. The molecular weight excluding hydrogens is 302 g/mol. The van der Waals surface area contributed by atoms with Crippen LogP contribution in [0.5, 0.6) is 5.75 Å². The van der Waals surface area contributed by atoms with Crippen LogP contribution in [0.15, 0.2) is 36.7 Å². The lowest BCUT2D eigenvalue weighted by Crippen LogP contribution is -2.07. The van der Waals surface area contributed by atoms with Gasteiger partial charge in [0.2, 0.25) is 0 Å². The van der Waals surface area contributed by atoms with Crippen LogP contribution in [-0.4, -0.2) is 34.4 Å². The van der Waals surface area contributed by atoms with E-state index in [4.69, 9.17) is 14.5 Å². The van der Waals surface area contributed by atoms with Crippen molar-refractivity contribution in [1.82, 2.24) is 14.5 Å². The van der Waals surface area contributed by atoms with E-state index in [-0.39, 0.29) is 0 Å². The number of para-hydroxylation sites is 1. The zero-order valence-corrected chi connectivity index (χ0v) is 14.5. The molecule has 0 saturated heterocycles. The van der Waals surface area contributed by atoms with Gasteiger partial charge < -0.3 is 14.0 Å². The molecule has 5 heteroatoms. The van der Waals surface area contributed by atoms with Gasteiger partial charge in [0.1, 0.15) is 23.6 Å². The largest absolute Gasteiger partial charge is 0.489 e. The molecule has 2 heterocycles. The SMILES string of the molecule is CCOCCOc1cccc2c(C)cc(-c3nccn3CC)nc12. The predicted octanol–water partition coefficient (Wildman–Crippen LogP) is 3.84. The molecule has 0 radical (unpaired) electrons. The normalized spacial score (nSPS) is 11.1. The van der Waals surface area contributed by atoms with Crippen LogP contribution in [0.4, 0.5) is 0 Å². The van der Waals surface area contributed by atoms with E-state index in [2.05, 4.69) is 35.5 Å². The highest BCUT2D eigenvalue weighted by Gasteiger charge is 2.12. The summed E-state index contributed by atoms with van der Waals surface area (Å²) in [5.74, 6) is 1.67. The first-order valence-electron chi connectivity index (χ1n) is 8.37. The van der Waals surface area contributed by atoms with Gasteiger partial charge in [-0.3, -0.25) is 0 Å². The van der Waals surface area contributed by atoms with Crippen LogP contribution in [0, 0.1) is 6.92 Å². The molecule has 2 aromatic heterocycles. The highest BCUT2D eigenvalue weighted by molar-refractivity contribution is 5.89. The van der Waals surface area contributed by atoms with E-state index < -0.39 is 0 Å². The first-order chi connectivity index (χ1) is 11.7. The summed E-state index contributed by atoms with van der Waals surface area (Å²) in [7, 11) is 0. The van der Waals surface area contributed by atoms with Gasteiger partial charge in [-0.25, -0.2) is 9.97 Å². The quantitative estimate of drug-likeness (QED) is 0.619. The van der Waals surface area contributed by atoms with Gasteiger partial charge in [0.25, 0.3) is 0 Å². The Labute approximate surface area is 142 Å². The van der Waals surface area contributed by atoms with Crippen LogP contribution in [0.3, 0.4) is 0 Å². The van der Waals surface area contributed by atoms with Gasteiger partial charge >= 0.3 is 0 Å². The fraction of sp³-hybridized carbons (Fsp3) is 0.368. The number of pyridine rings is 1. The second-order valence-corrected chi connectivity index (χ2v) is 5.56. The molecule has 0 bridgehead atoms. The fourth-order valence-corrected chi connectivity index (χ4v) is 2.77. The minimum Gasteiger partial charge on any atom is -0.489 e. The van der Waals surface area contributed by atoms with Gasteiger partial charge in [0, 0.05) is 30.9 Å². The molecule has 3 aromatic rings. The molecule has 0 amide bonds. The monoisotopic (exact) mass is 325 g/mol. The fourth-order valence-electron chi connectivity index (χ4n) is 2.77.